The Hall–Kier alpha value is -1.35. The molecule has 2 aromatic rings. The van der Waals surface area contributed by atoms with E-state index in [0.29, 0.717) is 0 Å². The second-order valence-corrected chi connectivity index (χ2v) is 4.63. The molecule has 1 aromatic heterocycles. The van der Waals surface area contributed by atoms with E-state index in [-0.39, 0.29) is 5.82 Å². The highest BCUT2D eigenvalue weighted by atomic mass is 19.1. The van der Waals surface area contributed by atoms with Gasteiger partial charge in [-0.2, -0.15) is 0 Å². The Morgan fingerprint density at radius 2 is 2.06 bits per heavy atom. The van der Waals surface area contributed by atoms with Crippen molar-refractivity contribution in [1.29, 1.82) is 0 Å². The quantitative estimate of drug-likeness (QED) is 0.658. The van der Waals surface area contributed by atoms with Crippen LogP contribution in [-0.2, 0) is 20.0 Å². The fourth-order valence-electron chi connectivity index (χ4n) is 2.66. The van der Waals surface area contributed by atoms with Gasteiger partial charge in [-0.25, -0.2) is 4.39 Å². The molecule has 3 rings (SSSR count). The first-order chi connectivity index (χ1) is 7.66. The highest BCUT2D eigenvalue weighted by molar-refractivity contribution is 5.85. The van der Waals surface area contributed by atoms with Gasteiger partial charge < -0.3 is 9.47 Å². The Labute approximate surface area is 94.3 Å². The summed E-state index contributed by atoms with van der Waals surface area (Å²) < 4.78 is 15.4. The lowest BCUT2D eigenvalue weighted by atomic mass is 10.0. The third-order valence-corrected chi connectivity index (χ3v) is 3.56. The molecule has 0 unspecified atom stereocenters. The summed E-state index contributed by atoms with van der Waals surface area (Å²) in [5, 5.41) is 1.21. The van der Waals surface area contributed by atoms with Gasteiger partial charge in [0.05, 0.1) is 5.52 Å². The average Bonchev–Trinajstić information content (AvgIpc) is 2.53. The second kappa shape index (κ2) is 3.32. The maximum absolute atomic E-state index is 13.2. The molecule has 0 aliphatic carbocycles. The Balaban J connectivity index is 2.31. The third kappa shape index (κ3) is 1.28. The standard InChI is InChI=1S/C13H15FN2/c1-15-6-5-11-10-4-3-9(14)7-12(10)16(2)13(11)8-15/h3-4,7H,5-6,8H2,1-2H3. The number of nitrogens with zero attached hydrogens (tertiary/aromatic N) is 2. The van der Waals surface area contributed by atoms with Crippen LogP contribution in [-0.4, -0.2) is 23.1 Å². The van der Waals surface area contributed by atoms with Crippen LogP contribution < -0.4 is 0 Å². The summed E-state index contributed by atoms with van der Waals surface area (Å²) in [5.41, 5.74) is 3.74. The van der Waals surface area contributed by atoms with Gasteiger partial charge in [-0.05, 0) is 37.2 Å². The number of likely N-dealkylation sites (N-methyl/N-ethyl adjacent to an activating group) is 1. The van der Waals surface area contributed by atoms with Crippen molar-refractivity contribution >= 4 is 10.9 Å². The molecule has 1 aliphatic heterocycles. The minimum Gasteiger partial charge on any atom is -0.346 e. The lowest BCUT2D eigenvalue weighted by molar-refractivity contribution is 0.305. The number of aromatic nitrogens is 1. The number of hydrogen-bond donors (Lipinski definition) is 0. The predicted molar refractivity (Wildman–Crippen MR) is 62.9 cm³/mol. The van der Waals surface area contributed by atoms with Crippen LogP contribution in [0.25, 0.3) is 10.9 Å². The first kappa shape index (κ1) is 9.85. The van der Waals surface area contributed by atoms with E-state index in [2.05, 4.69) is 16.5 Å². The van der Waals surface area contributed by atoms with Crippen molar-refractivity contribution in [3.63, 3.8) is 0 Å². The van der Waals surface area contributed by atoms with E-state index in [1.54, 1.807) is 12.1 Å². The molecular weight excluding hydrogens is 203 g/mol. The van der Waals surface area contributed by atoms with Gasteiger partial charge in [-0.15, -0.1) is 0 Å². The Morgan fingerprint density at radius 3 is 2.88 bits per heavy atom. The van der Waals surface area contributed by atoms with Gasteiger partial charge in [0.15, 0.2) is 0 Å². The summed E-state index contributed by atoms with van der Waals surface area (Å²) in [5.74, 6) is -0.154. The van der Waals surface area contributed by atoms with Gasteiger partial charge in [0.1, 0.15) is 5.82 Å². The lowest BCUT2D eigenvalue weighted by Crippen LogP contribution is -2.27. The van der Waals surface area contributed by atoms with E-state index in [1.807, 2.05) is 13.1 Å². The van der Waals surface area contributed by atoms with E-state index in [1.165, 1.54) is 16.6 Å². The molecular formula is C13H15FN2. The van der Waals surface area contributed by atoms with E-state index < -0.39 is 0 Å². The van der Waals surface area contributed by atoms with Crippen LogP contribution in [0.5, 0.6) is 0 Å². The topological polar surface area (TPSA) is 8.17 Å². The van der Waals surface area contributed by atoms with Gasteiger partial charge in [0, 0.05) is 31.2 Å². The summed E-state index contributed by atoms with van der Waals surface area (Å²) in [6, 6.07) is 5.10. The number of benzene rings is 1. The highest BCUT2D eigenvalue weighted by Gasteiger charge is 2.20. The zero-order valence-corrected chi connectivity index (χ0v) is 9.63. The zero-order chi connectivity index (χ0) is 11.3. The molecule has 0 saturated heterocycles. The van der Waals surface area contributed by atoms with E-state index in [9.17, 15) is 4.39 Å². The molecule has 0 atom stereocenters. The molecule has 16 heavy (non-hydrogen) atoms. The Bertz CT molecular complexity index is 557. The molecule has 1 aliphatic rings. The van der Waals surface area contributed by atoms with Crippen molar-refractivity contribution in [1.82, 2.24) is 9.47 Å². The number of halogens is 1. The van der Waals surface area contributed by atoms with E-state index in [0.717, 1.165) is 25.0 Å². The first-order valence-corrected chi connectivity index (χ1v) is 5.61. The smallest absolute Gasteiger partial charge is 0.125 e. The first-order valence-electron chi connectivity index (χ1n) is 5.61. The monoisotopic (exact) mass is 218 g/mol. The lowest BCUT2D eigenvalue weighted by Gasteiger charge is -2.23. The average molecular weight is 218 g/mol. The largest absolute Gasteiger partial charge is 0.346 e. The SMILES string of the molecule is CN1CCc2c(n(C)c3cc(F)ccc23)C1. The molecule has 0 radical (unpaired) electrons. The van der Waals surface area contributed by atoms with E-state index in [4.69, 9.17) is 0 Å². The third-order valence-electron chi connectivity index (χ3n) is 3.56. The maximum atomic E-state index is 13.2. The number of rotatable bonds is 0. The molecule has 0 spiro atoms. The van der Waals surface area contributed by atoms with Gasteiger partial charge in [0.2, 0.25) is 0 Å². The van der Waals surface area contributed by atoms with Crippen molar-refractivity contribution in [3.05, 3.63) is 35.3 Å². The minimum atomic E-state index is -0.154. The van der Waals surface area contributed by atoms with Crippen LogP contribution in [0.15, 0.2) is 18.2 Å². The van der Waals surface area contributed by atoms with Crippen LogP contribution in [0.1, 0.15) is 11.3 Å². The van der Waals surface area contributed by atoms with Gasteiger partial charge in [0.25, 0.3) is 0 Å². The summed E-state index contributed by atoms with van der Waals surface area (Å²) in [6.07, 6.45) is 1.06. The van der Waals surface area contributed by atoms with Crippen LogP contribution in [0.3, 0.4) is 0 Å². The zero-order valence-electron chi connectivity index (χ0n) is 9.63. The summed E-state index contributed by atoms with van der Waals surface area (Å²) in [7, 11) is 4.15. The van der Waals surface area contributed by atoms with Crippen LogP contribution >= 0.6 is 0 Å². The van der Waals surface area contributed by atoms with Crippen molar-refractivity contribution in [3.8, 4) is 0 Å². The van der Waals surface area contributed by atoms with Crippen LogP contribution in [0, 0.1) is 5.82 Å². The van der Waals surface area contributed by atoms with Gasteiger partial charge >= 0.3 is 0 Å². The molecule has 2 nitrogen and oxygen atoms in total. The summed E-state index contributed by atoms with van der Waals surface area (Å²) in [6.45, 7) is 2.05. The molecule has 0 bridgehead atoms. The Kier molecular flexibility index (Phi) is 2.04. The molecule has 0 amide bonds. The summed E-state index contributed by atoms with van der Waals surface area (Å²) >= 11 is 0. The minimum absolute atomic E-state index is 0.154. The predicted octanol–water partition coefficient (Wildman–Crippen LogP) is 2.31. The van der Waals surface area contributed by atoms with E-state index >= 15 is 0 Å². The van der Waals surface area contributed by atoms with Crippen molar-refractivity contribution in [2.45, 2.75) is 13.0 Å². The fraction of sp³-hybridized carbons (Fsp3) is 0.385. The van der Waals surface area contributed by atoms with Gasteiger partial charge in [-0.3, -0.25) is 0 Å². The molecule has 0 saturated carbocycles. The number of aryl methyl sites for hydroxylation is 1. The molecule has 2 heterocycles. The summed E-state index contributed by atoms with van der Waals surface area (Å²) in [4.78, 5) is 2.30. The van der Waals surface area contributed by atoms with Crippen molar-refractivity contribution in [2.75, 3.05) is 13.6 Å². The Morgan fingerprint density at radius 1 is 1.25 bits per heavy atom. The highest BCUT2D eigenvalue weighted by Crippen LogP contribution is 2.29. The van der Waals surface area contributed by atoms with Gasteiger partial charge in [-0.1, -0.05) is 0 Å². The molecule has 84 valence electrons. The number of fused-ring (bicyclic) bond motifs is 3. The number of hydrogen-bond acceptors (Lipinski definition) is 1. The normalized spacial score (nSPS) is 16.7. The maximum Gasteiger partial charge on any atom is 0.125 e. The molecule has 0 fully saturated rings. The molecule has 0 N–H and O–H groups in total. The van der Waals surface area contributed by atoms with Crippen molar-refractivity contribution < 1.29 is 4.39 Å². The second-order valence-electron chi connectivity index (χ2n) is 4.63. The van der Waals surface area contributed by atoms with Crippen LogP contribution in [0.4, 0.5) is 4.39 Å². The fourth-order valence-corrected chi connectivity index (χ4v) is 2.66. The molecule has 3 heteroatoms. The van der Waals surface area contributed by atoms with Crippen LogP contribution in [0.2, 0.25) is 0 Å². The van der Waals surface area contributed by atoms with Crippen molar-refractivity contribution in [2.24, 2.45) is 7.05 Å². The molecule has 1 aromatic carbocycles.